The molecule has 0 aromatic carbocycles. The van der Waals surface area contributed by atoms with Crippen LogP contribution in [-0.2, 0) is 16.1 Å². The zero-order chi connectivity index (χ0) is 10.6. The molecule has 1 heterocycles. The molecular formula is C10H16N2O2. The van der Waals surface area contributed by atoms with Gasteiger partial charge in [-0.2, -0.15) is 0 Å². The lowest BCUT2D eigenvalue weighted by Crippen LogP contribution is -2.11. The lowest BCUT2D eigenvalue weighted by atomic mass is 10.2. The van der Waals surface area contributed by atoms with Crippen LogP contribution in [0.5, 0.6) is 0 Å². The minimum absolute atomic E-state index is 0.240. The largest absolute Gasteiger partial charge is 0.464 e. The summed E-state index contributed by atoms with van der Waals surface area (Å²) in [5, 5.41) is 0. The van der Waals surface area contributed by atoms with Crippen molar-refractivity contribution in [3.8, 4) is 0 Å². The Labute approximate surface area is 83.9 Å². The maximum atomic E-state index is 10.5. The molecule has 0 spiro atoms. The van der Waals surface area contributed by atoms with E-state index in [1.54, 1.807) is 6.20 Å². The van der Waals surface area contributed by atoms with Crippen molar-refractivity contribution < 1.29 is 9.53 Å². The van der Waals surface area contributed by atoms with E-state index >= 15 is 0 Å². The highest BCUT2D eigenvalue weighted by molar-refractivity contribution is 5.65. The van der Waals surface area contributed by atoms with Crippen LogP contribution in [0, 0.1) is 0 Å². The van der Waals surface area contributed by atoms with E-state index in [-0.39, 0.29) is 5.97 Å². The monoisotopic (exact) mass is 196 g/mol. The molecule has 0 saturated carbocycles. The van der Waals surface area contributed by atoms with Gasteiger partial charge in [0, 0.05) is 25.2 Å². The SMILES string of the molecule is CC(=O)OCCn1ccnc1C(C)C. The number of imidazole rings is 1. The normalized spacial score (nSPS) is 10.6. The minimum Gasteiger partial charge on any atom is -0.464 e. The molecule has 0 fully saturated rings. The van der Waals surface area contributed by atoms with E-state index in [1.807, 2.05) is 10.8 Å². The molecule has 1 aromatic heterocycles. The first-order chi connectivity index (χ1) is 6.61. The van der Waals surface area contributed by atoms with Gasteiger partial charge >= 0.3 is 5.97 Å². The van der Waals surface area contributed by atoms with Gasteiger partial charge < -0.3 is 9.30 Å². The molecule has 0 aliphatic carbocycles. The Morgan fingerprint density at radius 2 is 2.36 bits per heavy atom. The molecule has 14 heavy (non-hydrogen) atoms. The highest BCUT2D eigenvalue weighted by Crippen LogP contribution is 2.11. The Morgan fingerprint density at radius 1 is 1.64 bits per heavy atom. The Bertz CT molecular complexity index is 305. The quantitative estimate of drug-likeness (QED) is 0.686. The van der Waals surface area contributed by atoms with Gasteiger partial charge in [0.2, 0.25) is 0 Å². The number of rotatable bonds is 4. The lowest BCUT2D eigenvalue weighted by Gasteiger charge is -2.09. The van der Waals surface area contributed by atoms with Crippen molar-refractivity contribution in [2.75, 3.05) is 6.61 Å². The van der Waals surface area contributed by atoms with Crippen LogP contribution in [0.15, 0.2) is 12.4 Å². The van der Waals surface area contributed by atoms with Crippen molar-refractivity contribution in [1.29, 1.82) is 0 Å². The number of carbonyl (C=O) groups is 1. The van der Waals surface area contributed by atoms with Crippen LogP contribution in [-0.4, -0.2) is 22.1 Å². The number of esters is 1. The van der Waals surface area contributed by atoms with Crippen LogP contribution < -0.4 is 0 Å². The molecule has 0 bridgehead atoms. The van der Waals surface area contributed by atoms with E-state index in [9.17, 15) is 4.79 Å². The first-order valence-corrected chi connectivity index (χ1v) is 4.75. The summed E-state index contributed by atoms with van der Waals surface area (Å²) in [7, 11) is 0. The molecule has 1 aromatic rings. The van der Waals surface area contributed by atoms with Crippen molar-refractivity contribution in [3.05, 3.63) is 18.2 Å². The van der Waals surface area contributed by atoms with Gasteiger partial charge in [0.15, 0.2) is 0 Å². The second-order valence-corrected chi connectivity index (χ2v) is 3.47. The van der Waals surface area contributed by atoms with Gasteiger partial charge in [-0.15, -0.1) is 0 Å². The van der Waals surface area contributed by atoms with Gasteiger partial charge in [-0.25, -0.2) is 4.98 Å². The topological polar surface area (TPSA) is 44.1 Å². The van der Waals surface area contributed by atoms with Crippen LogP contribution in [0.1, 0.15) is 32.5 Å². The van der Waals surface area contributed by atoms with E-state index in [0.29, 0.717) is 19.1 Å². The zero-order valence-corrected chi connectivity index (χ0v) is 8.86. The van der Waals surface area contributed by atoms with E-state index in [4.69, 9.17) is 4.74 Å². The molecule has 0 aliphatic rings. The minimum atomic E-state index is -0.240. The Kier molecular flexibility index (Phi) is 3.68. The van der Waals surface area contributed by atoms with Crippen molar-refractivity contribution >= 4 is 5.97 Å². The molecule has 0 unspecified atom stereocenters. The van der Waals surface area contributed by atoms with Crippen LogP contribution in [0.3, 0.4) is 0 Å². The standard InChI is InChI=1S/C10H16N2O2/c1-8(2)10-11-4-5-12(10)6-7-14-9(3)13/h4-5,8H,6-7H2,1-3H3. The fourth-order valence-corrected chi connectivity index (χ4v) is 1.30. The first kappa shape index (κ1) is 10.8. The van der Waals surface area contributed by atoms with Gasteiger partial charge in [0.1, 0.15) is 12.4 Å². The highest BCUT2D eigenvalue weighted by Gasteiger charge is 2.06. The van der Waals surface area contributed by atoms with Gasteiger partial charge in [-0.05, 0) is 0 Å². The fraction of sp³-hybridized carbons (Fsp3) is 0.600. The average Bonchev–Trinajstić information content (AvgIpc) is 2.51. The third-order valence-corrected chi connectivity index (χ3v) is 1.90. The van der Waals surface area contributed by atoms with Gasteiger partial charge in [0.05, 0.1) is 6.54 Å². The Morgan fingerprint density at radius 3 is 2.93 bits per heavy atom. The van der Waals surface area contributed by atoms with Gasteiger partial charge in [0.25, 0.3) is 0 Å². The average molecular weight is 196 g/mol. The molecule has 78 valence electrons. The van der Waals surface area contributed by atoms with E-state index in [0.717, 1.165) is 5.82 Å². The molecule has 0 saturated heterocycles. The summed E-state index contributed by atoms with van der Waals surface area (Å²) in [5.41, 5.74) is 0. The maximum Gasteiger partial charge on any atom is 0.302 e. The molecule has 0 N–H and O–H groups in total. The number of carbonyl (C=O) groups excluding carboxylic acids is 1. The van der Waals surface area contributed by atoms with Gasteiger partial charge in [-0.3, -0.25) is 4.79 Å². The second kappa shape index (κ2) is 4.79. The van der Waals surface area contributed by atoms with Crippen molar-refractivity contribution in [2.24, 2.45) is 0 Å². The molecule has 4 heteroatoms. The number of hydrogen-bond acceptors (Lipinski definition) is 3. The van der Waals surface area contributed by atoms with Crippen molar-refractivity contribution in [2.45, 2.75) is 33.2 Å². The van der Waals surface area contributed by atoms with Gasteiger partial charge in [-0.1, -0.05) is 13.8 Å². The summed E-state index contributed by atoms with van der Waals surface area (Å²) in [6.07, 6.45) is 3.67. The molecular weight excluding hydrogens is 180 g/mol. The Balaban J connectivity index is 2.50. The summed E-state index contributed by atoms with van der Waals surface area (Å²) in [4.78, 5) is 14.8. The predicted molar refractivity (Wildman–Crippen MR) is 52.9 cm³/mol. The van der Waals surface area contributed by atoms with Crippen LogP contribution in [0.4, 0.5) is 0 Å². The van der Waals surface area contributed by atoms with Crippen LogP contribution >= 0.6 is 0 Å². The number of nitrogens with zero attached hydrogens (tertiary/aromatic N) is 2. The number of hydrogen-bond donors (Lipinski definition) is 0. The Hall–Kier alpha value is -1.32. The zero-order valence-electron chi connectivity index (χ0n) is 8.86. The van der Waals surface area contributed by atoms with Crippen molar-refractivity contribution in [3.63, 3.8) is 0 Å². The molecule has 1 rings (SSSR count). The lowest BCUT2D eigenvalue weighted by molar-refractivity contribution is -0.141. The van der Waals surface area contributed by atoms with Crippen LogP contribution in [0.2, 0.25) is 0 Å². The second-order valence-electron chi connectivity index (χ2n) is 3.47. The molecule has 0 atom stereocenters. The highest BCUT2D eigenvalue weighted by atomic mass is 16.5. The summed E-state index contributed by atoms with van der Waals surface area (Å²) < 4.78 is 6.87. The van der Waals surface area contributed by atoms with E-state index in [1.165, 1.54) is 6.92 Å². The predicted octanol–water partition coefficient (Wildman–Crippen LogP) is 1.57. The number of ether oxygens (including phenoxy) is 1. The van der Waals surface area contributed by atoms with E-state index < -0.39 is 0 Å². The molecule has 0 amide bonds. The number of aromatic nitrogens is 2. The summed E-state index contributed by atoms with van der Waals surface area (Å²) in [6, 6.07) is 0. The molecule has 0 radical (unpaired) electrons. The molecule has 4 nitrogen and oxygen atoms in total. The van der Waals surface area contributed by atoms with E-state index in [2.05, 4.69) is 18.8 Å². The first-order valence-electron chi connectivity index (χ1n) is 4.75. The third-order valence-electron chi connectivity index (χ3n) is 1.90. The van der Waals surface area contributed by atoms with Crippen molar-refractivity contribution in [1.82, 2.24) is 9.55 Å². The smallest absolute Gasteiger partial charge is 0.302 e. The summed E-state index contributed by atoms with van der Waals surface area (Å²) in [6.45, 7) is 6.67. The van der Waals surface area contributed by atoms with Crippen LogP contribution in [0.25, 0.3) is 0 Å². The summed E-state index contributed by atoms with van der Waals surface area (Å²) >= 11 is 0. The summed E-state index contributed by atoms with van der Waals surface area (Å²) in [5.74, 6) is 1.18. The molecule has 0 aliphatic heterocycles. The maximum absolute atomic E-state index is 10.5. The fourth-order valence-electron chi connectivity index (χ4n) is 1.30. The third kappa shape index (κ3) is 2.87.